The number of carbonyl (C=O) groups excluding carboxylic acids is 1. The summed E-state index contributed by atoms with van der Waals surface area (Å²) >= 11 is 6.75. The van der Waals surface area contributed by atoms with Gasteiger partial charge in [-0.05, 0) is 69.0 Å². The monoisotopic (exact) mass is 600 g/mol. The van der Waals surface area contributed by atoms with Gasteiger partial charge in [-0.3, -0.25) is 9.59 Å². The van der Waals surface area contributed by atoms with Gasteiger partial charge in [0.05, 0.1) is 39.3 Å². The molecule has 0 aliphatic heterocycles. The Bertz CT molecular complexity index is 845. The number of aliphatic carboxylic acids is 1. The van der Waals surface area contributed by atoms with Crippen LogP contribution in [0.3, 0.4) is 0 Å². The second kappa shape index (κ2) is 16.8. The minimum atomic E-state index is -0.821. The number of esters is 1. The highest BCUT2D eigenvalue weighted by atomic mass is 79.9. The van der Waals surface area contributed by atoms with E-state index in [9.17, 15) is 9.59 Å². The van der Waals surface area contributed by atoms with Crippen LogP contribution < -0.4 is 0 Å². The van der Waals surface area contributed by atoms with E-state index in [0.717, 1.165) is 21.8 Å². The lowest BCUT2D eigenvalue weighted by atomic mass is 10.2. The van der Waals surface area contributed by atoms with Crippen LogP contribution in [-0.4, -0.2) is 49.1 Å². The van der Waals surface area contributed by atoms with Crippen LogP contribution in [0, 0.1) is 0 Å². The zero-order valence-electron chi connectivity index (χ0n) is 20.0. The van der Waals surface area contributed by atoms with Gasteiger partial charge in [-0.15, -0.1) is 0 Å². The Kier molecular flexibility index (Phi) is 15.0. The number of carboxylic acids is 1. The van der Waals surface area contributed by atoms with Crippen LogP contribution in [0.2, 0.25) is 0 Å². The Morgan fingerprint density at radius 3 is 1.53 bits per heavy atom. The second-order valence-corrected chi connectivity index (χ2v) is 10.3. The Balaban J connectivity index is 0.000000350. The van der Waals surface area contributed by atoms with Gasteiger partial charge in [-0.1, -0.05) is 56.1 Å². The summed E-state index contributed by atoms with van der Waals surface area (Å²) in [6.45, 7) is 7.45. The van der Waals surface area contributed by atoms with Crippen molar-refractivity contribution in [3.05, 3.63) is 68.6 Å². The summed E-state index contributed by atoms with van der Waals surface area (Å²) in [6, 6.07) is 16.1. The second-order valence-electron chi connectivity index (χ2n) is 8.46. The molecule has 0 atom stereocenters. The smallest absolute Gasteiger partial charge is 0.308 e. The third-order valence-corrected chi connectivity index (χ3v) is 5.28. The van der Waals surface area contributed by atoms with Gasteiger partial charge in [0.25, 0.3) is 0 Å². The molecular formula is C26H34Br2O6. The molecule has 8 heteroatoms. The summed E-state index contributed by atoms with van der Waals surface area (Å²) in [5, 5.41) is 8.38. The topological polar surface area (TPSA) is 82.1 Å². The maximum atomic E-state index is 11.4. The van der Waals surface area contributed by atoms with E-state index in [1.54, 1.807) is 0 Å². The fraction of sp³-hybridized carbons (Fsp3) is 0.462. The number of halogens is 2. The van der Waals surface area contributed by atoms with E-state index in [1.807, 2.05) is 57.2 Å². The van der Waals surface area contributed by atoms with Gasteiger partial charge in [0.1, 0.15) is 5.60 Å². The molecule has 0 spiro atoms. The molecule has 2 aromatic rings. The van der Waals surface area contributed by atoms with Crippen molar-refractivity contribution in [1.29, 1.82) is 0 Å². The normalized spacial score (nSPS) is 10.9. The number of carboxylic acid groups (broad SMARTS) is 1. The molecule has 0 aromatic heterocycles. The molecule has 0 unspecified atom stereocenters. The lowest BCUT2D eigenvalue weighted by Gasteiger charge is -2.19. The first-order valence-corrected chi connectivity index (χ1v) is 12.7. The lowest BCUT2D eigenvalue weighted by molar-refractivity contribution is -0.156. The van der Waals surface area contributed by atoms with Crippen molar-refractivity contribution in [3.63, 3.8) is 0 Å². The predicted octanol–water partition coefficient (Wildman–Crippen LogP) is 6.22. The number of rotatable bonds is 12. The van der Waals surface area contributed by atoms with Crippen LogP contribution in [0.5, 0.6) is 0 Å². The molecule has 2 rings (SSSR count). The molecule has 6 nitrogen and oxygen atoms in total. The number of carbonyl (C=O) groups is 2. The predicted molar refractivity (Wildman–Crippen MR) is 140 cm³/mol. The molecule has 0 bridgehead atoms. The molecule has 0 saturated carbocycles. The van der Waals surface area contributed by atoms with Gasteiger partial charge in [0, 0.05) is 8.95 Å². The minimum Gasteiger partial charge on any atom is -0.481 e. The molecule has 0 saturated heterocycles. The first kappa shape index (κ1) is 30.3. The van der Waals surface area contributed by atoms with Crippen LogP contribution in [0.25, 0.3) is 0 Å². The van der Waals surface area contributed by atoms with Gasteiger partial charge in [0.15, 0.2) is 0 Å². The van der Waals surface area contributed by atoms with Crippen molar-refractivity contribution < 1.29 is 28.9 Å². The summed E-state index contributed by atoms with van der Waals surface area (Å²) in [4.78, 5) is 21.6. The largest absolute Gasteiger partial charge is 0.481 e. The van der Waals surface area contributed by atoms with E-state index < -0.39 is 11.6 Å². The third kappa shape index (κ3) is 16.8. The standard InChI is InChI=1S/C15H21BrO3.C11H13BrO3/c1-15(2,3)19-14(17)9-11-18-10-8-12-4-6-13(16)7-5-12;12-10-3-1-9(2-4-10)5-7-15-8-6-11(13)14/h4-7H,8-11H2,1-3H3;1-4H,5-8H2,(H,13,14). The van der Waals surface area contributed by atoms with Gasteiger partial charge >= 0.3 is 11.9 Å². The molecule has 0 aliphatic rings. The first-order chi connectivity index (χ1) is 16.0. The van der Waals surface area contributed by atoms with Crippen LogP contribution in [-0.2, 0) is 36.6 Å². The van der Waals surface area contributed by atoms with Crippen molar-refractivity contribution in [2.24, 2.45) is 0 Å². The maximum Gasteiger partial charge on any atom is 0.308 e. The summed E-state index contributed by atoms with van der Waals surface area (Å²) in [5.41, 5.74) is 1.99. The van der Waals surface area contributed by atoms with Crippen LogP contribution >= 0.6 is 31.9 Å². The molecule has 34 heavy (non-hydrogen) atoms. The van der Waals surface area contributed by atoms with Gasteiger partial charge in [-0.25, -0.2) is 0 Å². The van der Waals surface area contributed by atoms with E-state index >= 15 is 0 Å². The first-order valence-electron chi connectivity index (χ1n) is 11.1. The Labute approximate surface area is 219 Å². The molecule has 0 amide bonds. The molecule has 0 radical (unpaired) electrons. The summed E-state index contributed by atoms with van der Waals surface area (Å²) in [7, 11) is 0. The number of benzene rings is 2. The molecule has 0 heterocycles. The summed E-state index contributed by atoms with van der Waals surface area (Å²) in [5.74, 6) is -1.03. The average Bonchev–Trinajstić information content (AvgIpc) is 2.75. The third-order valence-electron chi connectivity index (χ3n) is 4.23. The molecule has 1 N–H and O–H groups in total. The molecule has 0 fully saturated rings. The zero-order valence-corrected chi connectivity index (χ0v) is 23.2. The fourth-order valence-electron chi connectivity index (χ4n) is 2.59. The van der Waals surface area contributed by atoms with Crippen LogP contribution in [0.15, 0.2) is 57.5 Å². The number of hydrogen-bond donors (Lipinski definition) is 1. The molecule has 0 aliphatic carbocycles. The van der Waals surface area contributed by atoms with E-state index in [0.29, 0.717) is 26.2 Å². The van der Waals surface area contributed by atoms with E-state index in [4.69, 9.17) is 19.3 Å². The van der Waals surface area contributed by atoms with Crippen LogP contribution in [0.4, 0.5) is 0 Å². The van der Waals surface area contributed by atoms with E-state index in [-0.39, 0.29) is 19.0 Å². The van der Waals surface area contributed by atoms with Crippen molar-refractivity contribution in [3.8, 4) is 0 Å². The zero-order chi connectivity index (χ0) is 25.4. The minimum absolute atomic E-state index is 0.0698. The van der Waals surface area contributed by atoms with Crippen molar-refractivity contribution in [1.82, 2.24) is 0 Å². The highest BCUT2D eigenvalue weighted by Gasteiger charge is 2.15. The van der Waals surface area contributed by atoms with Crippen molar-refractivity contribution >= 4 is 43.8 Å². The molecule has 2 aromatic carbocycles. The van der Waals surface area contributed by atoms with E-state index in [2.05, 4.69) is 44.0 Å². The number of hydrogen-bond acceptors (Lipinski definition) is 5. The van der Waals surface area contributed by atoms with Gasteiger partial charge in [-0.2, -0.15) is 0 Å². The number of ether oxygens (including phenoxy) is 3. The highest BCUT2D eigenvalue weighted by Crippen LogP contribution is 2.12. The lowest BCUT2D eigenvalue weighted by Crippen LogP contribution is -2.24. The maximum absolute atomic E-state index is 11.4. The van der Waals surface area contributed by atoms with Gasteiger partial charge in [0.2, 0.25) is 0 Å². The molecular weight excluding hydrogens is 568 g/mol. The van der Waals surface area contributed by atoms with Crippen molar-refractivity contribution in [2.45, 2.75) is 52.1 Å². The Hall–Kier alpha value is -1.74. The fourth-order valence-corrected chi connectivity index (χ4v) is 3.12. The quantitative estimate of drug-likeness (QED) is 0.230. The Morgan fingerprint density at radius 1 is 0.735 bits per heavy atom. The Morgan fingerprint density at radius 2 is 1.15 bits per heavy atom. The van der Waals surface area contributed by atoms with Crippen LogP contribution in [0.1, 0.15) is 44.7 Å². The molecule has 188 valence electrons. The van der Waals surface area contributed by atoms with Crippen molar-refractivity contribution in [2.75, 3.05) is 26.4 Å². The summed E-state index contributed by atoms with van der Waals surface area (Å²) < 4.78 is 17.9. The van der Waals surface area contributed by atoms with Gasteiger partial charge < -0.3 is 19.3 Å². The highest BCUT2D eigenvalue weighted by molar-refractivity contribution is 9.10. The summed E-state index contributed by atoms with van der Waals surface area (Å²) in [6.07, 6.45) is 2.03. The van der Waals surface area contributed by atoms with E-state index in [1.165, 1.54) is 11.1 Å². The average molecular weight is 602 g/mol. The SMILES string of the molecule is CC(C)(C)OC(=O)CCOCCc1ccc(Br)cc1.O=C(O)CCOCCc1ccc(Br)cc1.